The largest absolute Gasteiger partial charge is 0.383 e. The van der Waals surface area contributed by atoms with Crippen molar-refractivity contribution in [3.05, 3.63) is 71.3 Å². The van der Waals surface area contributed by atoms with E-state index >= 15 is 0 Å². The molecule has 34 heavy (non-hydrogen) atoms. The highest BCUT2D eigenvalue weighted by Crippen LogP contribution is 2.25. The minimum atomic E-state index is -0.741. The van der Waals surface area contributed by atoms with Gasteiger partial charge < -0.3 is 15.7 Å². The molecule has 0 bridgehead atoms. The van der Waals surface area contributed by atoms with E-state index in [-0.39, 0.29) is 11.6 Å². The molecule has 4 N–H and O–H groups in total. The number of benzene rings is 2. The third kappa shape index (κ3) is 3.54. The molecule has 0 saturated carbocycles. The van der Waals surface area contributed by atoms with E-state index in [1.54, 1.807) is 4.68 Å². The molecule has 3 aromatic heterocycles. The first kappa shape index (κ1) is 20.6. The Kier molecular flexibility index (Phi) is 4.73. The van der Waals surface area contributed by atoms with Crippen LogP contribution in [-0.4, -0.2) is 54.7 Å². The van der Waals surface area contributed by atoms with Crippen LogP contribution in [-0.2, 0) is 6.54 Å². The van der Waals surface area contributed by atoms with Gasteiger partial charge in [0.15, 0.2) is 0 Å². The number of likely N-dealkylation sites (tertiary alicyclic amines) is 1. The number of aryl methyl sites for hydroxylation is 1. The lowest BCUT2D eigenvalue weighted by Gasteiger charge is -2.14. The van der Waals surface area contributed by atoms with E-state index in [1.807, 2.05) is 49.4 Å². The van der Waals surface area contributed by atoms with Gasteiger partial charge in [0.1, 0.15) is 17.8 Å². The maximum absolute atomic E-state index is 13.5. The number of aromatic nitrogens is 5. The average molecular weight is 458 g/mol. The Balaban J connectivity index is 1.28. The van der Waals surface area contributed by atoms with Crippen molar-refractivity contribution in [1.82, 2.24) is 29.6 Å². The second-order valence-electron chi connectivity index (χ2n) is 8.93. The van der Waals surface area contributed by atoms with Crippen molar-refractivity contribution in [2.45, 2.75) is 26.1 Å². The zero-order chi connectivity index (χ0) is 23.4. The molecule has 0 radical (unpaired) electrons. The topological polar surface area (TPSA) is 109 Å². The van der Waals surface area contributed by atoms with E-state index in [0.717, 1.165) is 45.6 Å². The molecule has 8 nitrogen and oxygen atoms in total. The number of rotatable bonds is 5. The standard InChI is InChI=1S/C25H24FN7O/c1-14-29-20-5-4-18(10-22(20)30-14)33-25(27)19(11-28-33)24(34)23-9-16-3-2-15(8-21(16)31-23)12-32-7-6-17(26)13-32/h2-5,8-11,17,31H,6-7,12-13,27H2,1H3,(H,29,30)/t17-/m1/s1. The summed E-state index contributed by atoms with van der Waals surface area (Å²) in [6.07, 6.45) is 1.35. The number of nitrogens with one attached hydrogen (secondary N) is 2. The van der Waals surface area contributed by atoms with E-state index < -0.39 is 6.17 Å². The van der Waals surface area contributed by atoms with Crippen LogP contribution in [0.1, 0.15) is 33.9 Å². The van der Waals surface area contributed by atoms with Gasteiger partial charge in [0.05, 0.1) is 34.2 Å². The van der Waals surface area contributed by atoms with Crippen molar-refractivity contribution in [3.8, 4) is 5.69 Å². The molecule has 172 valence electrons. The summed E-state index contributed by atoms with van der Waals surface area (Å²) in [6, 6.07) is 13.5. The maximum atomic E-state index is 13.5. The molecule has 1 saturated heterocycles. The van der Waals surface area contributed by atoms with Crippen LogP contribution < -0.4 is 5.73 Å². The molecule has 1 aliphatic heterocycles. The fourth-order valence-corrected chi connectivity index (χ4v) is 4.72. The van der Waals surface area contributed by atoms with E-state index in [4.69, 9.17) is 5.73 Å². The summed E-state index contributed by atoms with van der Waals surface area (Å²) in [4.78, 5) is 26.2. The number of nitrogen functional groups attached to an aromatic ring is 1. The highest BCUT2D eigenvalue weighted by atomic mass is 19.1. The molecule has 0 unspecified atom stereocenters. The summed E-state index contributed by atoms with van der Waals surface area (Å²) in [6.45, 7) is 3.83. The van der Waals surface area contributed by atoms with Crippen molar-refractivity contribution >= 4 is 33.5 Å². The van der Waals surface area contributed by atoms with Crippen LogP contribution >= 0.6 is 0 Å². The number of aromatic amines is 2. The lowest BCUT2D eigenvalue weighted by Crippen LogP contribution is -2.20. The van der Waals surface area contributed by atoms with Crippen LogP contribution in [0.4, 0.5) is 10.2 Å². The summed E-state index contributed by atoms with van der Waals surface area (Å²) in [5.41, 5.74) is 11.5. The van der Waals surface area contributed by atoms with Crippen molar-refractivity contribution in [1.29, 1.82) is 0 Å². The molecule has 1 atom stereocenters. The first-order valence-corrected chi connectivity index (χ1v) is 11.3. The number of H-pyrrole nitrogens is 2. The van der Waals surface area contributed by atoms with Crippen molar-refractivity contribution in [3.63, 3.8) is 0 Å². The lowest BCUT2D eigenvalue weighted by atomic mass is 10.1. The van der Waals surface area contributed by atoms with Crippen molar-refractivity contribution in [2.24, 2.45) is 0 Å². The first-order chi connectivity index (χ1) is 16.4. The summed E-state index contributed by atoms with van der Waals surface area (Å²) < 4.78 is 15.0. The van der Waals surface area contributed by atoms with Crippen LogP contribution in [0.5, 0.6) is 0 Å². The highest BCUT2D eigenvalue weighted by Gasteiger charge is 2.22. The number of nitrogens with two attached hydrogens (primary N) is 1. The molecule has 6 rings (SSSR count). The van der Waals surface area contributed by atoms with Gasteiger partial charge in [0.25, 0.3) is 0 Å². The van der Waals surface area contributed by atoms with Gasteiger partial charge in [0.2, 0.25) is 5.78 Å². The van der Waals surface area contributed by atoms with Crippen molar-refractivity contribution in [2.75, 3.05) is 18.8 Å². The van der Waals surface area contributed by atoms with Crippen LogP contribution in [0, 0.1) is 6.92 Å². The zero-order valence-electron chi connectivity index (χ0n) is 18.7. The Bertz CT molecular complexity index is 1550. The minimum Gasteiger partial charge on any atom is -0.383 e. The number of nitrogens with zero attached hydrogens (tertiary/aromatic N) is 4. The molecule has 2 aromatic carbocycles. The molecule has 9 heteroatoms. The SMILES string of the molecule is Cc1nc2cc(-n3ncc(C(=O)c4cc5ccc(CN6CC[C@@H](F)C6)cc5[nH]4)c3N)ccc2[nH]1. The van der Waals surface area contributed by atoms with E-state index in [9.17, 15) is 9.18 Å². The molecule has 4 heterocycles. The fourth-order valence-electron chi connectivity index (χ4n) is 4.72. The third-order valence-corrected chi connectivity index (χ3v) is 6.43. The number of hydrogen-bond donors (Lipinski definition) is 3. The highest BCUT2D eigenvalue weighted by molar-refractivity contribution is 6.12. The fraction of sp³-hybridized carbons (Fsp3) is 0.240. The molecule has 0 spiro atoms. The number of carbonyl (C=O) groups is 1. The number of anilines is 1. The van der Waals surface area contributed by atoms with Gasteiger partial charge in [-0.05, 0) is 49.2 Å². The molecule has 1 fully saturated rings. The quantitative estimate of drug-likeness (QED) is 0.347. The summed E-state index contributed by atoms with van der Waals surface area (Å²) >= 11 is 0. The number of fused-ring (bicyclic) bond motifs is 2. The monoisotopic (exact) mass is 457 g/mol. The Labute approximate surface area is 194 Å². The van der Waals surface area contributed by atoms with Gasteiger partial charge in [-0.15, -0.1) is 0 Å². The van der Waals surface area contributed by atoms with Gasteiger partial charge in [-0.25, -0.2) is 14.1 Å². The number of carbonyl (C=O) groups excluding carboxylic acids is 1. The Morgan fingerprint density at radius 3 is 2.88 bits per heavy atom. The molecule has 0 amide bonds. The first-order valence-electron chi connectivity index (χ1n) is 11.3. The molecule has 5 aromatic rings. The molecular formula is C25H24FN7O. The van der Waals surface area contributed by atoms with Crippen LogP contribution in [0.25, 0.3) is 27.6 Å². The molecule has 0 aliphatic carbocycles. The molecular weight excluding hydrogens is 433 g/mol. The van der Waals surface area contributed by atoms with Gasteiger partial charge >= 0.3 is 0 Å². The number of halogens is 1. The minimum absolute atomic E-state index is 0.224. The lowest BCUT2D eigenvalue weighted by molar-refractivity contribution is 0.103. The van der Waals surface area contributed by atoms with Crippen LogP contribution in [0.2, 0.25) is 0 Å². The van der Waals surface area contributed by atoms with Gasteiger partial charge in [0, 0.05) is 30.5 Å². The smallest absolute Gasteiger partial charge is 0.214 e. The predicted octanol–water partition coefficient (Wildman–Crippen LogP) is 3.90. The Hall–Kier alpha value is -3.98. The molecule has 1 aliphatic rings. The summed E-state index contributed by atoms with van der Waals surface area (Å²) in [7, 11) is 0. The van der Waals surface area contributed by atoms with Gasteiger partial charge in [-0.3, -0.25) is 9.69 Å². The number of alkyl halides is 1. The number of hydrogen-bond acceptors (Lipinski definition) is 5. The van der Waals surface area contributed by atoms with Crippen LogP contribution in [0.3, 0.4) is 0 Å². The Morgan fingerprint density at radius 1 is 1.18 bits per heavy atom. The van der Waals surface area contributed by atoms with Gasteiger partial charge in [-0.2, -0.15) is 5.10 Å². The van der Waals surface area contributed by atoms with E-state index in [2.05, 4.69) is 25.0 Å². The average Bonchev–Trinajstić information content (AvgIpc) is 3.58. The number of ketones is 1. The summed E-state index contributed by atoms with van der Waals surface area (Å²) in [5, 5.41) is 5.29. The predicted molar refractivity (Wildman–Crippen MR) is 129 cm³/mol. The second-order valence-corrected chi connectivity index (χ2v) is 8.93. The second kappa shape index (κ2) is 7.81. The number of imidazole rings is 1. The zero-order valence-corrected chi connectivity index (χ0v) is 18.7. The third-order valence-electron chi connectivity index (χ3n) is 6.43. The van der Waals surface area contributed by atoms with Crippen LogP contribution in [0.15, 0.2) is 48.7 Å². The summed E-state index contributed by atoms with van der Waals surface area (Å²) in [5.74, 6) is 0.870. The van der Waals surface area contributed by atoms with Crippen molar-refractivity contribution < 1.29 is 9.18 Å². The van der Waals surface area contributed by atoms with E-state index in [1.165, 1.54) is 6.20 Å². The van der Waals surface area contributed by atoms with Gasteiger partial charge in [-0.1, -0.05) is 12.1 Å². The maximum Gasteiger partial charge on any atom is 0.214 e. The Morgan fingerprint density at radius 2 is 2.06 bits per heavy atom. The normalized spacial score (nSPS) is 16.7. The van der Waals surface area contributed by atoms with E-state index in [0.29, 0.717) is 30.8 Å².